The Morgan fingerprint density at radius 3 is 2.43 bits per heavy atom. The molecule has 0 saturated carbocycles. The summed E-state index contributed by atoms with van der Waals surface area (Å²) in [6.07, 6.45) is 8.77. The summed E-state index contributed by atoms with van der Waals surface area (Å²) in [6, 6.07) is 9.84. The van der Waals surface area contributed by atoms with Crippen molar-refractivity contribution in [3.05, 3.63) is 66.3 Å². The molecule has 0 aliphatic carbocycles. The normalized spacial score (nSPS) is 11.8. The molecule has 0 aliphatic rings. The molecule has 0 aliphatic heterocycles. The van der Waals surface area contributed by atoms with Crippen LogP contribution in [0.2, 0.25) is 0 Å². The van der Waals surface area contributed by atoms with Gasteiger partial charge in [0.1, 0.15) is 5.75 Å². The second-order valence-electron chi connectivity index (χ2n) is 5.97. The molecule has 0 amide bonds. The molecule has 148 valence electrons. The van der Waals surface area contributed by atoms with Crippen LogP contribution in [0.3, 0.4) is 0 Å². The molecule has 3 rings (SSSR count). The minimum atomic E-state index is 0.685. The third-order valence-corrected chi connectivity index (χ3v) is 4.29. The number of fused-ring (bicyclic) bond motifs is 1. The second kappa shape index (κ2) is 10.3. The predicted octanol–water partition coefficient (Wildman–Crippen LogP) is 5.77. The number of hydrogen-bond acceptors (Lipinski definition) is 4. The van der Waals surface area contributed by atoms with E-state index in [0.717, 1.165) is 40.5 Å². The number of ether oxygens (including phenoxy) is 2. The molecule has 0 spiro atoms. The van der Waals surface area contributed by atoms with Gasteiger partial charge in [0.15, 0.2) is 0 Å². The highest BCUT2D eigenvalue weighted by molar-refractivity contribution is 5.79. The van der Waals surface area contributed by atoms with Crippen molar-refractivity contribution in [1.82, 2.24) is 14.4 Å². The zero-order valence-electron chi connectivity index (χ0n) is 17.6. The molecule has 1 aromatic carbocycles. The van der Waals surface area contributed by atoms with Crippen LogP contribution in [-0.4, -0.2) is 28.6 Å². The van der Waals surface area contributed by atoms with E-state index >= 15 is 0 Å². The largest absolute Gasteiger partial charge is 0.502 e. The molecule has 3 aromatic rings. The quantitative estimate of drug-likeness (QED) is 0.510. The Morgan fingerprint density at radius 2 is 1.79 bits per heavy atom. The van der Waals surface area contributed by atoms with E-state index in [1.807, 2.05) is 61.7 Å². The highest BCUT2D eigenvalue weighted by Crippen LogP contribution is 2.30. The molecule has 0 radical (unpaired) electrons. The predicted molar refractivity (Wildman–Crippen MR) is 115 cm³/mol. The summed E-state index contributed by atoms with van der Waals surface area (Å²) in [5, 5.41) is 0. The van der Waals surface area contributed by atoms with Crippen molar-refractivity contribution >= 4 is 11.4 Å². The Morgan fingerprint density at radius 1 is 1.07 bits per heavy atom. The maximum Gasteiger partial charge on any atom is 0.234 e. The van der Waals surface area contributed by atoms with Gasteiger partial charge in [0, 0.05) is 18.0 Å². The third-order valence-electron chi connectivity index (χ3n) is 4.29. The number of nitrogens with zero attached hydrogens (tertiary/aromatic N) is 3. The minimum absolute atomic E-state index is 0.685. The van der Waals surface area contributed by atoms with Gasteiger partial charge < -0.3 is 9.47 Å². The van der Waals surface area contributed by atoms with Crippen LogP contribution in [0.25, 0.3) is 22.6 Å². The van der Waals surface area contributed by atoms with Crippen LogP contribution in [0.1, 0.15) is 39.8 Å². The van der Waals surface area contributed by atoms with E-state index in [-0.39, 0.29) is 0 Å². The van der Waals surface area contributed by atoms with Gasteiger partial charge in [-0.2, -0.15) is 0 Å². The van der Waals surface area contributed by atoms with E-state index in [0.29, 0.717) is 5.78 Å². The number of allylic oxidation sites excluding steroid dienone is 4. The highest BCUT2D eigenvalue weighted by Gasteiger charge is 2.15. The lowest BCUT2D eigenvalue weighted by Crippen LogP contribution is -1.93. The highest BCUT2D eigenvalue weighted by atomic mass is 16.5. The summed E-state index contributed by atoms with van der Waals surface area (Å²) in [5.74, 6) is 2.42. The van der Waals surface area contributed by atoms with E-state index < -0.39 is 0 Å². The van der Waals surface area contributed by atoms with Crippen LogP contribution in [0.15, 0.2) is 60.6 Å². The number of aromatic nitrogens is 3. The van der Waals surface area contributed by atoms with Crippen LogP contribution in [-0.2, 0) is 4.74 Å². The molecular formula is C23H29N3O2. The maximum absolute atomic E-state index is 5.26. The van der Waals surface area contributed by atoms with Gasteiger partial charge in [-0.25, -0.2) is 9.97 Å². The molecule has 5 nitrogen and oxygen atoms in total. The van der Waals surface area contributed by atoms with Crippen molar-refractivity contribution in [3.8, 4) is 17.0 Å². The van der Waals surface area contributed by atoms with Crippen molar-refractivity contribution < 1.29 is 9.47 Å². The van der Waals surface area contributed by atoms with Gasteiger partial charge in [-0.15, -0.1) is 0 Å². The van der Waals surface area contributed by atoms with Crippen LogP contribution in [0, 0.1) is 0 Å². The maximum atomic E-state index is 5.26. The average molecular weight is 380 g/mol. The minimum Gasteiger partial charge on any atom is -0.502 e. The first kappa shape index (κ1) is 21.2. The van der Waals surface area contributed by atoms with Crippen molar-refractivity contribution in [1.29, 1.82) is 0 Å². The summed E-state index contributed by atoms with van der Waals surface area (Å²) >= 11 is 0. The number of benzene rings is 1. The van der Waals surface area contributed by atoms with Crippen molar-refractivity contribution in [2.45, 2.75) is 34.1 Å². The smallest absolute Gasteiger partial charge is 0.234 e. The van der Waals surface area contributed by atoms with Gasteiger partial charge in [0.2, 0.25) is 5.78 Å². The van der Waals surface area contributed by atoms with Crippen LogP contribution in [0.4, 0.5) is 0 Å². The lowest BCUT2D eigenvalue weighted by molar-refractivity contribution is 0.292. The fraction of sp³-hybridized carbons (Fsp3) is 0.304. The summed E-state index contributed by atoms with van der Waals surface area (Å²) < 4.78 is 12.5. The summed E-state index contributed by atoms with van der Waals surface area (Å²) in [6.45, 7) is 8.05. The number of hydrogen-bond donors (Lipinski definition) is 0. The lowest BCUT2D eigenvalue weighted by atomic mass is 10.0. The Bertz CT molecular complexity index is 954. The number of imidazole rings is 1. The molecule has 28 heavy (non-hydrogen) atoms. The first-order valence-corrected chi connectivity index (χ1v) is 9.49. The monoisotopic (exact) mass is 379 g/mol. The molecule has 2 heterocycles. The van der Waals surface area contributed by atoms with Gasteiger partial charge in [-0.05, 0) is 62.2 Å². The molecule has 0 atom stereocenters. The fourth-order valence-corrected chi connectivity index (χ4v) is 2.80. The second-order valence-corrected chi connectivity index (χ2v) is 5.97. The molecular weight excluding hydrogens is 350 g/mol. The topological polar surface area (TPSA) is 48.7 Å². The molecule has 5 heteroatoms. The molecule has 0 bridgehead atoms. The Labute approximate surface area is 167 Å². The van der Waals surface area contributed by atoms with Crippen molar-refractivity contribution in [2.75, 3.05) is 14.2 Å². The molecule has 0 fully saturated rings. The summed E-state index contributed by atoms with van der Waals surface area (Å²) in [5.41, 5.74) is 4.12. The summed E-state index contributed by atoms with van der Waals surface area (Å²) in [4.78, 5) is 9.14. The third kappa shape index (κ3) is 4.80. The van der Waals surface area contributed by atoms with E-state index in [4.69, 9.17) is 14.5 Å². The zero-order valence-corrected chi connectivity index (χ0v) is 17.6. The van der Waals surface area contributed by atoms with Crippen LogP contribution < -0.4 is 4.74 Å². The Balaban J connectivity index is 0.00000136. The van der Waals surface area contributed by atoms with Gasteiger partial charge in [0.05, 0.1) is 31.4 Å². The fourth-order valence-electron chi connectivity index (χ4n) is 2.80. The lowest BCUT2D eigenvalue weighted by Gasteiger charge is -2.07. The van der Waals surface area contributed by atoms with E-state index in [9.17, 15) is 0 Å². The SMILES string of the molecule is CC.CO/C(C)=C/C/C=C(\C)c1c(-c2ccc(OC)cc2)nc2ncccn12. The molecule has 0 N–H and O–H groups in total. The first-order valence-electron chi connectivity index (χ1n) is 9.49. The van der Waals surface area contributed by atoms with E-state index in [1.54, 1.807) is 20.4 Å². The molecule has 0 saturated heterocycles. The first-order chi connectivity index (χ1) is 13.6. The van der Waals surface area contributed by atoms with Crippen molar-refractivity contribution in [3.63, 3.8) is 0 Å². The van der Waals surface area contributed by atoms with Gasteiger partial charge in [0.25, 0.3) is 0 Å². The van der Waals surface area contributed by atoms with Gasteiger partial charge in [-0.1, -0.05) is 19.9 Å². The number of rotatable bonds is 6. The molecule has 0 unspecified atom stereocenters. The summed E-state index contributed by atoms with van der Waals surface area (Å²) in [7, 11) is 3.35. The van der Waals surface area contributed by atoms with Crippen LogP contribution >= 0.6 is 0 Å². The zero-order chi connectivity index (χ0) is 20.5. The van der Waals surface area contributed by atoms with Gasteiger partial charge in [-0.3, -0.25) is 4.40 Å². The Hall–Kier alpha value is -3.08. The molecule has 2 aromatic heterocycles. The van der Waals surface area contributed by atoms with Crippen molar-refractivity contribution in [2.24, 2.45) is 0 Å². The standard InChI is InChI=1S/C21H23N3O2.C2H6/c1-15(7-5-8-16(2)25-3)20-19(17-9-11-18(26-4)12-10-17)23-21-22-13-6-14-24(20)21;1-2/h6-14H,5H2,1-4H3;1-2H3/b15-7+,16-8+;. The van der Waals surface area contributed by atoms with Crippen LogP contribution in [0.5, 0.6) is 5.75 Å². The van der Waals surface area contributed by atoms with E-state index in [2.05, 4.69) is 24.1 Å². The average Bonchev–Trinajstić information content (AvgIpc) is 3.14. The van der Waals surface area contributed by atoms with Gasteiger partial charge >= 0.3 is 0 Å². The van der Waals surface area contributed by atoms with E-state index in [1.165, 1.54) is 0 Å². The number of methoxy groups -OCH3 is 2. The Kier molecular flexibility index (Phi) is 7.81.